The van der Waals surface area contributed by atoms with Crippen LogP contribution in [0.15, 0.2) is 78.9 Å². The molecule has 9 heteroatoms. The molecule has 1 N–H and O–H groups in total. The third kappa shape index (κ3) is 8.58. The molecule has 0 saturated heterocycles. The molecule has 0 aromatic heterocycles. The van der Waals surface area contributed by atoms with Gasteiger partial charge in [-0.25, -0.2) is 8.42 Å². The van der Waals surface area contributed by atoms with E-state index in [1.165, 1.54) is 4.90 Å². The molecular formula is C31H39N3O5S. The molecule has 0 spiro atoms. The van der Waals surface area contributed by atoms with Gasteiger partial charge < -0.3 is 15.0 Å². The molecular weight excluding hydrogens is 526 g/mol. The number of benzene rings is 3. The van der Waals surface area contributed by atoms with Crippen LogP contribution in [0.1, 0.15) is 43.9 Å². The maximum atomic E-state index is 13.7. The molecule has 0 saturated carbocycles. The Hall–Kier alpha value is -3.85. The normalized spacial score (nSPS) is 12.7. The van der Waals surface area contributed by atoms with Gasteiger partial charge in [0.1, 0.15) is 24.9 Å². The van der Waals surface area contributed by atoms with E-state index in [4.69, 9.17) is 4.74 Å². The zero-order valence-corrected chi connectivity index (χ0v) is 24.6. The molecule has 3 aromatic rings. The predicted molar refractivity (Wildman–Crippen MR) is 158 cm³/mol. The maximum Gasteiger partial charge on any atom is 0.244 e. The average Bonchev–Trinajstić information content (AvgIpc) is 2.94. The van der Waals surface area contributed by atoms with Crippen molar-refractivity contribution in [2.75, 3.05) is 17.1 Å². The number of aryl methyl sites for hydroxylation is 1. The van der Waals surface area contributed by atoms with Gasteiger partial charge in [-0.3, -0.25) is 13.9 Å². The van der Waals surface area contributed by atoms with Gasteiger partial charge in [-0.2, -0.15) is 0 Å². The molecule has 3 rings (SSSR count). The van der Waals surface area contributed by atoms with Gasteiger partial charge in [0.05, 0.1) is 11.9 Å². The molecule has 40 heavy (non-hydrogen) atoms. The van der Waals surface area contributed by atoms with Crippen molar-refractivity contribution in [1.82, 2.24) is 10.2 Å². The Labute approximate surface area is 238 Å². The van der Waals surface area contributed by atoms with Crippen molar-refractivity contribution in [1.29, 1.82) is 0 Å². The number of hydrogen-bond donors (Lipinski definition) is 1. The van der Waals surface area contributed by atoms with Crippen molar-refractivity contribution < 1.29 is 22.7 Å². The van der Waals surface area contributed by atoms with E-state index in [1.54, 1.807) is 31.2 Å². The van der Waals surface area contributed by atoms with E-state index in [-0.39, 0.29) is 18.5 Å². The standard InChI is InChI=1S/C31H39N3O5S/c1-6-24(3)32-31(36)25(4)33(20-27-15-11-10-12-23(27)2)30(35)21-34(40(5,37)38)28-16-18-29(19-17-28)39-22-26-13-8-7-9-14-26/h7-19,24-25H,6,20-22H2,1-5H3,(H,32,36). The van der Waals surface area contributed by atoms with Gasteiger partial charge in [0, 0.05) is 12.6 Å². The first-order valence-corrected chi connectivity index (χ1v) is 15.2. The molecule has 2 amide bonds. The molecule has 0 heterocycles. The average molecular weight is 566 g/mol. The summed E-state index contributed by atoms with van der Waals surface area (Å²) in [5.41, 5.74) is 3.19. The van der Waals surface area contributed by atoms with E-state index in [0.717, 1.165) is 33.7 Å². The summed E-state index contributed by atoms with van der Waals surface area (Å²) in [5.74, 6) is -0.198. The number of nitrogens with one attached hydrogen (secondary N) is 1. The number of hydrogen-bond acceptors (Lipinski definition) is 5. The third-order valence-electron chi connectivity index (χ3n) is 6.82. The summed E-state index contributed by atoms with van der Waals surface area (Å²) in [5, 5.41) is 2.93. The fourth-order valence-corrected chi connectivity index (χ4v) is 4.93. The first kappa shape index (κ1) is 30.7. The first-order valence-electron chi connectivity index (χ1n) is 13.4. The van der Waals surface area contributed by atoms with Crippen LogP contribution in [-0.4, -0.2) is 50.0 Å². The van der Waals surface area contributed by atoms with Crippen LogP contribution in [0.25, 0.3) is 0 Å². The second-order valence-electron chi connectivity index (χ2n) is 9.98. The fraction of sp³-hybridized carbons (Fsp3) is 0.355. The monoisotopic (exact) mass is 565 g/mol. The number of ether oxygens (including phenoxy) is 1. The lowest BCUT2D eigenvalue weighted by Gasteiger charge is -2.32. The lowest BCUT2D eigenvalue weighted by Crippen LogP contribution is -2.52. The fourth-order valence-electron chi connectivity index (χ4n) is 4.08. The molecule has 2 atom stereocenters. The van der Waals surface area contributed by atoms with Gasteiger partial charge in [0.15, 0.2) is 0 Å². The van der Waals surface area contributed by atoms with Crippen LogP contribution in [-0.2, 0) is 32.8 Å². The molecule has 214 valence electrons. The summed E-state index contributed by atoms with van der Waals surface area (Å²) in [6.45, 7) is 7.56. The summed E-state index contributed by atoms with van der Waals surface area (Å²) >= 11 is 0. The van der Waals surface area contributed by atoms with Gasteiger partial charge in [0.2, 0.25) is 21.8 Å². The Morgan fingerprint density at radius 2 is 1.55 bits per heavy atom. The van der Waals surface area contributed by atoms with Crippen LogP contribution >= 0.6 is 0 Å². The second-order valence-corrected chi connectivity index (χ2v) is 11.9. The Kier molecular flexibility index (Phi) is 10.7. The quantitative estimate of drug-likeness (QED) is 0.325. The van der Waals surface area contributed by atoms with Crippen LogP contribution in [0.2, 0.25) is 0 Å². The van der Waals surface area contributed by atoms with Crippen molar-refractivity contribution in [3.8, 4) is 5.75 Å². The number of anilines is 1. The van der Waals surface area contributed by atoms with Gasteiger partial charge in [-0.15, -0.1) is 0 Å². The first-order chi connectivity index (χ1) is 19.0. The van der Waals surface area contributed by atoms with Crippen molar-refractivity contribution >= 4 is 27.5 Å². The van der Waals surface area contributed by atoms with Crippen LogP contribution in [0.5, 0.6) is 5.75 Å². The van der Waals surface area contributed by atoms with E-state index in [1.807, 2.05) is 75.4 Å². The minimum Gasteiger partial charge on any atom is -0.489 e. The van der Waals surface area contributed by atoms with Gasteiger partial charge in [-0.05, 0) is 68.1 Å². The summed E-state index contributed by atoms with van der Waals surface area (Å²) in [4.78, 5) is 28.2. The minimum atomic E-state index is -3.82. The number of sulfonamides is 1. The lowest BCUT2D eigenvalue weighted by molar-refractivity contribution is -0.139. The van der Waals surface area contributed by atoms with Crippen LogP contribution in [0.3, 0.4) is 0 Å². The molecule has 0 fully saturated rings. The molecule has 0 radical (unpaired) electrons. The number of carbonyl (C=O) groups is 2. The minimum absolute atomic E-state index is 0.0551. The molecule has 0 bridgehead atoms. The van der Waals surface area contributed by atoms with Crippen LogP contribution in [0, 0.1) is 6.92 Å². The highest BCUT2D eigenvalue weighted by atomic mass is 32.2. The molecule has 3 aromatic carbocycles. The molecule has 0 aliphatic carbocycles. The molecule has 8 nitrogen and oxygen atoms in total. The third-order valence-corrected chi connectivity index (χ3v) is 7.96. The van der Waals surface area contributed by atoms with Crippen molar-refractivity contribution in [2.45, 2.75) is 59.4 Å². The highest BCUT2D eigenvalue weighted by Crippen LogP contribution is 2.23. The van der Waals surface area contributed by atoms with Gasteiger partial charge >= 0.3 is 0 Å². The van der Waals surface area contributed by atoms with E-state index in [2.05, 4.69) is 5.32 Å². The molecule has 2 unspecified atom stereocenters. The number of nitrogens with zero attached hydrogens (tertiary/aromatic N) is 2. The van der Waals surface area contributed by atoms with Gasteiger partial charge in [-0.1, -0.05) is 61.5 Å². The Morgan fingerprint density at radius 1 is 0.925 bits per heavy atom. The molecule has 0 aliphatic heterocycles. The Balaban J connectivity index is 1.83. The van der Waals surface area contributed by atoms with Crippen molar-refractivity contribution in [2.24, 2.45) is 0 Å². The Bertz CT molecular complexity index is 1380. The second kappa shape index (κ2) is 14.0. The SMILES string of the molecule is CCC(C)NC(=O)C(C)N(Cc1ccccc1C)C(=O)CN(c1ccc(OCc2ccccc2)cc1)S(C)(=O)=O. The zero-order valence-electron chi connectivity index (χ0n) is 23.8. The summed E-state index contributed by atoms with van der Waals surface area (Å²) in [7, 11) is -3.82. The zero-order chi connectivity index (χ0) is 29.3. The van der Waals surface area contributed by atoms with Gasteiger partial charge in [0.25, 0.3) is 0 Å². The number of carbonyl (C=O) groups excluding carboxylic acids is 2. The van der Waals surface area contributed by atoms with Crippen molar-refractivity contribution in [3.63, 3.8) is 0 Å². The van der Waals surface area contributed by atoms with E-state index in [0.29, 0.717) is 18.0 Å². The highest BCUT2D eigenvalue weighted by Gasteiger charge is 2.30. The topological polar surface area (TPSA) is 96.0 Å². The number of rotatable bonds is 13. The predicted octanol–water partition coefficient (Wildman–Crippen LogP) is 4.67. The van der Waals surface area contributed by atoms with E-state index in [9.17, 15) is 18.0 Å². The highest BCUT2D eigenvalue weighted by molar-refractivity contribution is 7.92. The van der Waals surface area contributed by atoms with Crippen molar-refractivity contribution in [3.05, 3.63) is 95.6 Å². The molecule has 0 aliphatic rings. The number of amides is 2. The van der Waals surface area contributed by atoms with E-state index < -0.39 is 28.5 Å². The summed E-state index contributed by atoms with van der Waals surface area (Å²) in [6, 6.07) is 23.0. The van der Waals surface area contributed by atoms with Crippen LogP contribution in [0.4, 0.5) is 5.69 Å². The lowest BCUT2D eigenvalue weighted by atomic mass is 10.1. The summed E-state index contributed by atoms with van der Waals surface area (Å²) in [6.07, 6.45) is 1.81. The smallest absolute Gasteiger partial charge is 0.244 e. The Morgan fingerprint density at radius 3 is 2.15 bits per heavy atom. The summed E-state index contributed by atoms with van der Waals surface area (Å²) < 4.78 is 32.5. The maximum absolute atomic E-state index is 13.7. The van der Waals surface area contributed by atoms with Crippen LogP contribution < -0.4 is 14.4 Å². The largest absolute Gasteiger partial charge is 0.489 e. The van der Waals surface area contributed by atoms with E-state index >= 15 is 0 Å².